The summed E-state index contributed by atoms with van der Waals surface area (Å²) >= 11 is 9.27. The van der Waals surface area contributed by atoms with E-state index in [1.165, 1.54) is 13.1 Å². The number of anilines is 1. The average molecular weight is 729 g/mol. The third-order valence-corrected chi connectivity index (χ3v) is 8.90. The monoisotopic (exact) mass is 727 g/mol. The summed E-state index contributed by atoms with van der Waals surface area (Å²) in [6, 6.07) is 2.65. The fraction of sp³-hybridized carbons (Fsp3) is 0.467. The Hall–Kier alpha value is -3.72. The molecule has 5 rings (SSSR count). The smallest absolute Gasteiger partial charge is 0.416 e. The molecule has 3 aromatic rings. The summed E-state index contributed by atoms with van der Waals surface area (Å²) in [6.07, 6.45) is -0.402. The Labute approximate surface area is 276 Å². The maximum absolute atomic E-state index is 13.9. The number of aromatic nitrogens is 4. The molecule has 1 aromatic carbocycles. The van der Waals surface area contributed by atoms with Gasteiger partial charge in [0.1, 0.15) is 12.3 Å². The zero-order valence-electron chi connectivity index (χ0n) is 25.7. The lowest BCUT2D eigenvalue weighted by atomic mass is 9.66. The molecule has 11 nitrogen and oxygen atoms in total. The van der Waals surface area contributed by atoms with Crippen LogP contribution in [0.1, 0.15) is 63.3 Å². The number of alkyl halides is 3. The molecular weight excluding hydrogens is 695 g/mol. The first-order chi connectivity index (χ1) is 21.8. The molecule has 3 heterocycles. The van der Waals surface area contributed by atoms with E-state index in [9.17, 15) is 32.7 Å². The molecule has 46 heavy (non-hydrogen) atoms. The molecule has 2 aromatic heterocycles. The standard InChI is InChI=1S/C28H28BrClF3N7O4.C2H6/c1-3-19(41)22(34-2)24(44)38-11-9-27(10-12-38)8-4-5-18-21(27)23(43)40-26(36-25(29)37-40)39(18)14-20(42)35-17-7-6-15(13-16(17)30)28(31,32)33;1-2/h3,6-7,13,41H,4-5,8-12,14H2,1-2H3,(H,35,42);1-2H3/b19-3+,34-22?;. The lowest BCUT2D eigenvalue weighted by Crippen LogP contribution is -2.51. The van der Waals surface area contributed by atoms with Crippen LogP contribution in [0, 0.1) is 0 Å². The number of nitrogens with one attached hydrogen (secondary N) is 1. The summed E-state index contributed by atoms with van der Waals surface area (Å²) in [5.41, 5.74) is -0.827. The molecule has 1 aliphatic heterocycles. The van der Waals surface area contributed by atoms with E-state index in [1.807, 2.05) is 13.8 Å². The molecule has 248 valence electrons. The van der Waals surface area contributed by atoms with Crippen molar-refractivity contribution in [1.29, 1.82) is 0 Å². The van der Waals surface area contributed by atoms with E-state index in [0.717, 1.165) is 22.7 Å². The zero-order valence-corrected chi connectivity index (χ0v) is 28.1. The number of piperidine rings is 1. The fourth-order valence-electron chi connectivity index (χ4n) is 6.12. The van der Waals surface area contributed by atoms with Crippen molar-refractivity contribution in [3.8, 4) is 0 Å². The van der Waals surface area contributed by atoms with Crippen molar-refractivity contribution in [3.05, 3.63) is 67.0 Å². The van der Waals surface area contributed by atoms with Gasteiger partial charge in [-0.3, -0.25) is 19.4 Å². The maximum Gasteiger partial charge on any atom is 0.416 e. The van der Waals surface area contributed by atoms with E-state index < -0.39 is 29.0 Å². The van der Waals surface area contributed by atoms with E-state index in [1.54, 1.807) is 16.4 Å². The highest BCUT2D eigenvalue weighted by molar-refractivity contribution is 9.10. The van der Waals surface area contributed by atoms with Gasteiger partial charge >= 0.3 is 6.18 Å². The number of halogens is 5. The molecule has 2 aliphatic rings. The van der Waals surface area contributed by atoms with Gasteiger partial charge in [0.2, 0.25) is 16.4 Å². The van der Waals surface area contributed by atoms with Gasteiger partial charge < -0.3 is 19.9 Å². The Balaban J connectivity index is 0.00000235. The number of aliphatic hydroxyl groups is 1. The third-order valence-electron chi connectivity index (χ3n) is 8.25. The molecule has 0 saturated carbocycles. The number of benzene rings is 1. The minimum absolute atomic E-state index is 0.00528. The van der Waals surface area contributed by atoms with Crippen LogP contribution in [0.15, 0.2) is 44.6 Å². The van der Waals surface area contributed by atoms with Crippen LogP contribution in [0.25, 0.3) is 5.78 Å². The molecule has 2 amide bonds. The first-order valence-electron chi connectivity index (χ1n) is 14.8. The van der Waals surface area contributed by atoms with Crippen LogP contribution in [-0.4, -0.2) is 66.8 Å². The number of hydrogen-bond donors (Lipinski definition) is 2. The van der Waals surface area contributed by atoms with Gasteiger partial charge in [0.15, 0.2) is 5.71 Å². The van der Waals surface area contributed by atoms with Crippen LogP contribution >= 0.6 is 27.5 Å². The van der Waals surface area contributed by atoms with Gasteiger partial charge in [-0.15, -0.1) is 5.10 Å². The molecular formula is C30H34BrClF3N7O4. The number of likely N-dealkylation sites (tertiary alicyclic amines) is 1. The minimum atomic E-state index is -4.59. The van der Waals surface area contributed by atoms with E-state index in [-0.39, 0.29) is 44.8 Å². The molecule has 0 atom stereocenters. The number of carbonyl (C=O) groups excluding carboxylic acids is 2. The van der Waals surface area contributed by atoms with Crippen LogP contribution in [0.2, 0.25) is 5.02 Å². The van der Waals surface area contributed by atoms with Gasteiger partial charge in [-0.2, -0.15) is 22.7 Å². The van der Waals surface area contributed by atoms with Crippen LogP contribution in [-0.2, 0) is 34.1 Å². The van der Waals surface area contributed by atoms with Crippen molar-refractivity contribution in [3.63, 3.8) is 0 Å². The number of fused-ring (bicyclic) bond motifs is 3. The van der Waals surface area contributed by atoms with Crippen molar-refractivity contribution < 1.29 is 27.9 Å². The van der Waals surface area contributed by atoms with E-state index >= 15 is 0 Å². The van der Waals surface area contributed by atoms with Gasteiger partial charge in [0.05, 0.1) is 16.3 Å². The summed E-state index contributed by atoms with van der Waals surface area (Å²) in [5, 5.41) is 16.6. The molecule has 2 N–H and O–H groups in total. The number of aliphatic hydroxyl groups excluding tert-OH is 1. The number of carbonyl (C=O) groups is 2. The first-order valence-corrected chi connectivity index (χ1v) is 15.9. The third kappa shape index (κ3) is 6.70. The topological polar surface area (TPSA) is 134 Å². The number of allylic oxidation sites excluding steroid dienone is 1. The number of aliphatic imine (C=N–C) groups is 1. The Morgan fingerprint density at radius 3 is 2.48 bits per heavy atom. The van der Waals surface area contributed by atoms with Crippen LogP contribution in [0.4, 0.5) is 18.9 Å². The second-order valence-electron chi connectivity index (χ2n) is 10.7. The van der Waals surface area contributed by atoms with E-state index in [4.69, 9.17) is 11.6 Å². The maximum atomic E-state index is 13.9. The highest BCUT2D eigenvalue weighted by Crippen LogP contribution is 2.44. The molecule has 1 spiro atoms. The highest BCUT2D eigenvalue weighted by atomic mass is 79.9. The van der Waals surface area contributed by atoms with Gasteiger partial charge in [0.25, 0.3) is 11.5 Å². The number of hydrogen-bond acceptors (Lipinski definition) is 7. The van der Waals surface area contributed by atoms with Gasteiger partial charge in [0, 0.05) is 36.8 Å². The lowest BCUT2D eigenvalue weighted by molar-refractivity contribution is -0.137. The van der Waals surface area contributed by atoms with Gasteiger partial charge in [-0.25, -0.2) is 0 Å². The molecule has 1 saturated heterocycles. The van der Waals surface area contributed by atoms with Crippen molar-refractivity contribution in [2.45, 2.75) is 71.0 Å². The van der Waals surface area contributed by atoms with Crippen molar-refractivity contribution in [1.82, 2.24) is 24.1 Å². The molecule has 1 aliphatic carbocycles. The van der Waals surface area contributed by atoms with Gasteiger partial charge in [-0.05, 0) is 79.2 Å². The summed E-state index contributed by atoms with van der Waals surface area (Å²) in [6.45, 7) is 5.93. The average Bonchev–Trinajstić information content (AvgIpc) is 3.43. The minimum Gasteiger partial charge on any atom is -0.506 e. The van der Waals surface area contributed by atoms with Gasteiger partial charge in [-0.1, -0.05) is 25.4 Å². The van der Waals surface area contributed by atoms with E-state index in [0.29, 0.717) is 56.5 Å². The Kier molecular flexibility index (Phi) is 10.7. The van der Waals surface area contributed by atoms with Crippen molar-refractivity contribution >= 4 is 56.5 Å². The van der Waals surface area contributed by atoms with Crippen molar-refractivity contribution in [2.24, 2.45) is 4.99 Å². The Morgan fingerprint density at radius 2 is 1.89 bits per heavy atom. The fourth-order valence-corrected chi connectivity index (χ4v) is 6.67. The quantitative estimate of drug-likeness (QED) is 0.255. The number of rotatable bonds is 5. The van der Waals surface area contributed by atoms with E-state index in [2.05, 4.69) is 36.3 Å². The molecule has 0 unspecified atom stereocenters. The predicted molar refractivity (Wildman–Crippen MR) is 172 cm³/mol. The normalized spacial score (nSPS) is 16.6. The Bertz CT molecular complexity index is 1780. The molecule has 0 bridgehead atoms. The van der Waals surface area contributed by atoms with Crippen LogP contribution in [0.5, 0.6) is 0 Å². The molecule has 1 fully saturated rings. The molecule has 16 heteroatoms. The molecule has 0 radical (unpaired) electrons. The highest BCUT2D eigenvalue weighted by Gasteiger charge is 2.44. The SMILES string of the molecule is C/C=C(/O)C(=NC)C(=O)N1CCC2(CCCc3c2c(=O)n2nc(Br)nc2n3CC(=O)Nc2ccc(C(F)(F)F)cc2Cl)CC1.CC. The summed E-state index contributed by atoms with van der Waals surface area (Å²) in [7, 11) is 1.43. The predicted octanol–water partition coefficient (Wildman–Crippen LogP) is 5.72. The number of nitrogens with zero attached hydrogens (tertiary/aromatic N) is 6. The first kappa shape index (κ1) is 35.1. The summed E-state index contributed by atoms with van der Waals surface area (Å²) in [5.74, 6) is -1.07. The second-order valence-corrected chi connectivity index (χ2v) is 11.8. The largest absolute Gasteiger partial charge is 0.506 e. The lowest BCUT2D eigenvalue weighted by Gasteiger charge is -2.45. The van der Waals surface area contributed by atoms with Crippen LogP contribution < -0.4 is 10.9 Å². The zero-order chi connectivity index (χ0) is 34.0. The summed E-state index contributed by atoms with van der Waals surface area (Å²) in [4.78, 5) is 50.2. The van der Waals surface area contributed by atoms with Crippen molar-refractivity contribution in [2.75, 3.05) is 25.5 Å². The van der Waals surface area contributed by atoms with Crippen LogP contribution in [0.3, 0.4) is 0 Å². The summed E-state index contributed by atoms with van der Waals surface area (Å²) < 4.78 is 42.1. The Morgan fingerprint density at radius 1 is 1.22 bits per heavy atom. The second kappa shape index (κ2) is 14.0. The number of amides is 2.